The number of benzene rings is 1. The topological polar surface area (TPSA) is 103 Å². The maximum Gasteiger partial charge on any atom is 0.234 e. The maximum atomic E-state index is 12.5. The average molecular weight is 445 g/mol. The van der Waals surface area contributed by atoms with Crippen molar-refractivity contribution < 1.29 is 4.79 Å². The Morgan fingerprint density at radius 2 is 2.10 bits per heavy atom. The van der Waals surface area contributed by atoms with Crippen molar-refractivity contribution in [3.63, 3.8) is 0 Å². The zero-order valence-corrected chi connectivity index (χ0v) is 17.9. The molecule has 0 bridgehead atoms. The number of amides is 1. The molecule has 1 aliphatic heterocycles. The number of carbonyl (C=O) groups excluding carboxylic acids is 1. The highest BCUT2D eigenvalue weighted by Crippen LogP contribution is 2.36. The Bertz CT molecular complexity index is 1080. The number of thioether (sulfide) groups is 1. The average Bonchev–Trinajstić information content (AvgIpc) is 3.42. The minimum atomic E-state index is -0.126. The van der Waals surface area contributed by atoms with Gasteiger partial charge in [-0.05, 0) is 54.3 Å². The summed E-state index contributed by atoms with van der Waals surface area (Å²) in [4.78, 5) is 12.5. The summed E-state index contributed by atoms with van der Waals surface area (Å²) in [5.74, 6) is 1.85. The lowest BCUT2D eigenvalue weighted by atomic mass is 10.1. The first-order chi connectivity index (χ1) is 14.7. The molecule has 3 heterocycles. The fourth-order valence-electron chi connectivity index (χ4n) is 3.61. The van der Waals surface area contributed by atoms with E-state index in [9.17, 15) is 4.79 Å². The number of anilines is 1. The van der Waals surface area contributed by atoms with E-state index in [1.807, 2.05) is 6.07 Å². The second-order valence-electron chi connectivity index (χ2n) is 7.57. The summed E-state index contributed by atoms with van der Waals surface area (Å²) in [7, 11) is 0. The summed E-state index contributed by atoms with van der Waals surface area (Å²) in [6.07, 6.45) is 6.52. The van der Waals surface area contributed by atoms with Crippen molar-refractivity contribution in [1.29, 1.82) is 0 Å². The van der Waals surface area contributed by atoms with Crippen LogP contribution >= 0.6 is 23.4 Å². The fourth-order valence-corrected chi connectivity index (χ4v) is 4.56. The molecule has 0 saturated heterocycles. The predicted molar refractivity (Wildman–Crippen MR) is 113 cm³/mol. The van der Waals surface area contributed by atoms with Gasteiger partial charge < -0.3 is 9.88 Å². The van der Waals surface area contributed by atoms with Gasteiger partial charge in [-0.3, -0.25) is 4.79 Å². The van der Waals surface area contributed by atoms with Gasteiger partial charge in [0, 0.05) is 24.2 Å². The zero-order valence-electron chi connectivity index (χ0n) is 16.3. The van der Waals surface area contributed by atoms with Crippen LogP contribution in [0.1, 0.15) is 44.0 Å². The monoisotopic (exact) mass is 444 g/mol. The number of rotatable bonds is 6. The van der Waals surface area contributed by atoms with Crippen molar-refractivity contribution >= 4 is 35.0 Å². The van der Waals surface area contributed by atoms with Gasteiger partial charge in [0.1, 0.15) is 5.82 Å². The molecule has 1 N–H and O–H groups in total. The Balaban J connectivity index is 1.29. The van der Waals surface area contributed by atoms with Crippen molar-refractivity contribution in [3.8, 4) is 11.4 Å². The van der Waals surface area contributed by atoms with E-state index in [4.69, 9.17) is 11.6 Å². The Morgan fingerprint density at radius 1 is 1.20 bits per heavy atom. The van der Waals surface area contributed by atoms with Gasteiger partial charge in [-0.1, -0.05) is 29.8 Å². The van der Waals surface area contributed by atoms with E-state index >= 15 is 0 Å². The summed E-state index contributed by atoms with van der Waals surface area (Å²) < 4.78 is 3.95. The molecule has 1 aromatic carbocycles. The van der Waals surface area contributed by atoms with E-state index in [1.165, 1.54) is 18.2 Å². The summed E-state index contributed by atoms with van der Waals surface area (Å²) in [5, 5.41) is 24.7. The number of nitrogens with zero attached hydrogens (tertiary/aromatic N) is 7. The molecule has 1 amide bonds. The van der Waals surface area contributed by atoms with Gasteiger partial charge >= 0.3 is 0 Å². The molecule has 3 aromatic rings. The number of halogens is 1. The Morgan fingerprint density at radius 3 is 2.97 bits per heavy atom. The number of aromatic nitrogens is 7. The van der Waals surface area contributed by atoms with Crippen LogP contribution in [0.3, 0.4) is 0 Å². The lowest BCUT2D eigenvalue weighted by molar-refractivity contribution is -0.113. The first kappa shape index (κ1) is 19.5. The Kier molecular flexibility index (Phi) is 5.43. The van der Waals surface area contributed by atoms with Crippen LogP contribution in [0.15, 0.2) is 23.4 Å². The van der Waals surface area contributed by atoms with Crippen molar-refractivity contribution in [2.75, 3.05) is 11.1 Å². The molecule has 0 radical (unpaired) electrons. The van der Waals surface area contributed by atoms with Crippen LogP contribution in [0.5, 0.6) is 0 Å². The molecule has 0 unspecified atom stereocenters. The van der Waals surface area contributed by atoms with Crippen LogP contribution in [-0.2, 0) is 17.8 Å². The quantitative estimate of drug-likeness (QED) is 0.581. The summed E-state index contributed by atoms with van der Waals surface area (Å²) in [6, 6.07) is 5.82. The number of fused-ring (bicyclic) bond motifs is 1. The molecule has 2 aromatic heterocycles. The lowest BCUT2D eigenvalue weighted by Crippen LogP contribution is -2.15. The molecule has 0 atom stereocenters. The number of carbonyl (C=O) groups is 1. The lowest BCUT2D eigenvalue weighted by Gasteiger charge is -2.11. The number of hydrogen-bond acceptors (Lipinski definition) is 7. The molecule has 1 fully saturated rings. The molecule has 0 spiro atoms. The van der Waals surface area contributed by atoms with Crippen LogP contribution in [0.4, 0.5) is 5.69 Å². The zero-order chi connectivity index (χ0) is 20.5. The third-order valence-corrected chi connectivity index (χ3v) is 6.55. The molecule has 11 heteroatoms. The van der Waals surface area contributed by atoms with Crippen LogP contribution in [0.25, 0.3) is 11.4 Å². The van der Waals surface area contributed by atoms with Crippen molar-refractivity contribution in [2.24, 2.45) is 0 Å². The fraction of sp³-hybridized carbons (Fsp3) is 0.474. The van der Waals surface area contributed by atoms with E-state index < -0.39 is 0 Å². The second kappa shape index (κ2) is 8.35. The summed E-state index contributed by atoms with van der Waals surface area (Å²) in [6.45, 7) is 0.886. The number of tetrazole rings is 1. The molecular weight excluding hydrogens is 424 g/mol. The molecule has 9 nitrogen and oxygen atoms in total. The Hall–Kier alpha value is -2.46. The predicted octanol–water partition coefficient (Wildman–Crippen LogP) is 3.38. The molecule has 1 aliphatic carbocycles. The van der Waals surface area contributed by atoms with Gasteiger partial charge in [-0.25, -0.2) is 4.68 Å². The van der Waals surface area contributed by atoms with E-state index in [1.54, 1.807) is 16.8 Å². The second-order valence-corrected chi connectivity index (χ2v) is 8.92. The van der Waals surface area contributed by atoms with Gasteiger partial charge in [0.15, 0.2) is 5.82 Å². The van der Waals surface area contributed by atoms with Crippen LogP contribution < -0.4 is 5.32 Å². The number of nitrogens with one attached hydrogen (secondary N) is 1. The van der Waals surface area contributed by atoms with E-state index in [0.29, 0.717) is 21.9 Å². The van der Waals surface area contributed by atoms with Crippen LogP contribution in [0, 0.1) is 0 Å². The van der Waals surface area contributed by atoms with Gasteiger partial charge in [-0.15, -0.1) is 15.3 Å². The Labute approximate surface area is 182 Å². The van der Waals surface area contributed by atoms with E-state index in [2.05, 4.69) is 35.6 Å². The van der Waals surface area contributed by atoms with Crippen molar-refractivity contribution in [2.45, 2.75) is 56.3 Å². The highest BCUT2D eigenvalue weighted by atomic mass is 35.5. The van der Waals surface area contributed by atoms with Crippen molar-refractivity contribution in [3.05, 3.63) is 29.0 Å². The molecule has 156 valence electrons. The SMILES string of the molecule is O=C(CSc1nnnn1C1CC1)Nc1ccc(Cl)c(-c2nnc3n2CCCCC3)c1. The normalized spacial score (nSPS) is 16.2. The van der Waals surface area contributed by atoms with Gasteiger partial charge in [0.05, 0.1) is 16.8 Å². The van der Waals surface area contributed by atoms with E-state index in [-0.39, 0.29) is 11.7 Å². The molecule has 1 saturated carbocycles. The minimum Gasteiger partial charge on any atom is -0.325 e. The molecule has 30 heavy (non-hydrogen) atoms. The maximum absolute atomic E-state index is 12.5. The standard InChI is InChI=1S/C19H21ClN8OS/c20-15-8-5-12(10-14(15)18-23-22-16-4-2-1-3-9-27(16)18)21-17(29)11-30-19-24-25-26-28(19)13-6-7-13/h5,8,10,13H,1-4,6-7,9,11H2,(H,21,29). The highest BCUT2D eigenvalue weighted by molar-refractivity contribution is 7.99. The number of hydrogen-bond donors (Lipinski definition) is 1. The summed E-state index contributed by atoms with van der Waals surface area (Å²) in [5.41, 5.74) is 1.45. The van der Waals surface area contributed by atoms with Gasteiger partial charge in [-0.2, -0.15) is 0 Å². The largest absolute Gasteiger partial charge is 0.325 e. The highest BCUT2D eigenvalue weighted by Gasteiger charge is 2.28. The molecule has 5 rings (SSSR count). The first-order valence-corrected chi connectivity index (χ1v) is 11.5. The third kappa shape index (κ3) is 4.06. The molecule has 2 aliphatic rings. The smallest absolute Gasteiger partial charge is 0.234 e. The first-order valence-electron chi connectivity index (χ1n) is 10.1. The third-order valence-electron chi connectivity index (χ3n) is 5.29. The van der Waals surface area contributed by atoms with Gasteiger partial charge in [0.2, 0.25) is 11.1 Å². The molecular formula is C19H21ClN8OS. The van der Waals surface area contributed by atoms with Crippen molar-refractivity contribution in [1.82, 2.24) is 35.0 Å². The van der Waals surface area contributed by atoms with E-state index in [0.717, 1.165) is 55.9 Å². The van der Waals surface area contributed by atoms with Gasteiger partial charge in [0.25, 0.3) is 0 Å². The summed E-state index contributed by atoms with van der Waals surface area (Å²) >= 11 is 7.80. The minimum absolute atomic E-state index is 0.126. The number of aryl methyl sites for hydroxylation is 1. The van der Waals surface area contributed by atoms with Crippen LogP contribution in [-0.4, -0.2) is 46.6 Å². The van der Waals surface area contributed by atoms with Crippen LogP contribution in [0.2, 0.25) is 5.02 Å².